The van der Waals surface area contributed by atoms with Gasteiger partial charge in [0, 0.05) is 0 Å². The van der Waals surface area contributed by atoms with Gasteiger partial charge in [-0.3, -0.25) is 0 Å². The van der Waals surface area contributed by atoms with Crippen LogP contribution in [-0.4, -0.2) is 29.2 Å². The molecular formula is C8H18O3. The van der Waals surface area contributed by atoms with E-state index >= 15 is 0 Å². The van der Waals surface area contributed by atoms with Crippen LogP contribution in [0, 0.1) is 0 Å². The van der Waals surface area contributed by atoms with Crippen molar-refractivity contribution < 1.29 is 14.9 Å². The lowest BCUT2D eigenvalue weighted by Gasteiger charge is -2.13. The van der Waals surface area contributed by atoms with Crippen LogP contribution in [0.15, 0.2) is 0 Å². The molecule has 3 nitrogen and oxygen atoms in total. The van der Waals surface area contributed by atoms with Gasteiger partial charge in [0.15, 0.2) is 6.29 Å². The molecule has 68 valence electrons. The minimum atomic E-state index is -0.707. The lowest BCUT2D eigenvalue weighted by atomic mass is 10.3. The third-order valence-corrected chi connectivity index (χ3v) is 1.49. The van der Waals surface area contributed by atoms with Crippen molar-refractivity contribution in [2.24, 2.45) is 0 Å². The van der Waals surface area contributed by atoms with Crippen molar-refractivity contribution in [1.82, 2.24) is 0 Å². The second-order valence-corrected chi connectivity index (χ2v) is 2.64. The first-order valence-electron chi connectivity index (χ1n) is 4.18. The predicted molar refractivity (Wildman–Crippen MR) is 43.2 cm³/mol. The highest BCUT2D eigenvalue weighted by Gasteiger charge is 2.05. The number of ether oxygens (including phenoxy) is 1. The molecule has 0 bridgehead atoms. The third-order valence-electron chi connectivity index (χ3n) is 1.49. The Morgan fingerprint density at radius 3 is 2.36 bits per heavy atom. The van der Waals surface area contributed by atoms with Gasteiger partial charge in [-0.05, 0) is 12.8 Å². The van der Waals surface area contributed by atoms with Gasteiger partial charge in [-0.2, -0.15) is 0 Å². The predicted octanol–water partition coefficient (Wildman–Crippen LogP) is 0.892. The molecule has 0 saturated carbocycles. The van der Waals surface area contributed by atoms with Crippen LogP contribution in [0.2, 0.25) is 0 Å². The molecule has 2 unspecified atom stereocenters. The summed E-state index contributed by atoms with van der Waals surface area (Å²) in [5.74, 6) is 0. The molecule has 0 radical (unpaired) electrons. The van der Waals surface area contributed by atoms with Gasteiger partial charge in [-0.25, -0.2) is 0 Å². The Labute approximate surface area is 68.0 Å². The lowest BCUT2D eigenvalue weighted by molar-refractivity contribution is -0.124. The summed E-state index contributed by atoms with van der Waals surface area (Å²) in [6.45, 7) is 4.08. The van der Waals surface area contributed by atoms with E-state index in [-0.39, 0.29) is 6.61 Å². The summed E-state index contributed by atoms with van der Waals surface area (Å²) in [5.41, 5.74) is 0. The molecule has 0 aliphatic rings. The molecule has 0 fully saturated rings. The highest BCUT2D eigenvalue weighted by Crippen LogP contribution is 2.00. The molecule has 0 aromatic rings. The van der Waals surface area contributed by atoms with Gasteiger partial charge in [0.25, 0.3) is 0 Å². The third kappa shape index (κ3) is 6.28. The van der Waals surface area contributed by atoms with Gasteiger partial charge in [0.2, 0.25) is 0 Å². The molecule has 0 aromatic carbocycles. The molecule has 2 N–H and O–H groups in total. The van der Waals surface area contributed by atoms with Crippen molar-refractivity contribution in [3.05, 3.63) is 0 Å². The van der Waals surface area contributed by atoms with E-state index in [1.54, 1.807) is 0 Å². The zero-order valence-corrected chi connectivity index (χ0v) is 7.29. The molecule has 0 aliphatic carbocycles. The van der Waals surface area contributed by atoms with Crippen LogP contribution >= 0.6 is 0 Å². The fourth-order valence-corrected chi connectivity index (χ4v) is 0.670. The maximum Gasteiger partial charge on any atom is 0.154 e. The van der Waals surface area contributed by atoms with Gasteiger partial charge < -0.3 is 14.9 Å². The number of rotatable bonds is 6. The Bertz CT molecular complexity index is 85.4. The quantitative estimate of drug-likeness (QED) is 0.570. The summed E-state index contributed by atoms with van der Waals surface area (Å²) >= 11 is 0. The van der Waals surface area contributed by atoms with Crippen LogP contribution in [0.25, 0.3) is 0 Å². The molecule has 0 amide bonds. The molecule has 3 heteroatoms. The van der Waals surface area contributed by atoms with Crippen LogP contribution in [0.4, 0.5) is 0 Å². The second-order valence-electron chi connectivity index (χ2n) is 2.64. The Balaban J connectivity index is 3.22. The number of aliphatic hydroxyl groups is 2. The first-order valence-corrected chi connectivity index (χ1v) is 4.18. The van der Waals surface area contributed by atoms with Crippen LogP contribution in [0.3, 0.4) is 0 Å². The molecule has 0 rings (SSSR count). The second kappa shape index (κ2) is 6.58. The standard InChI is InChI=1S/C8H18O3/c1-3-5-8(10)11-6-7(9)4-2/h7-10H,3-6H2,1-2H3. The fourth-order valence-electron chi connectivity index (χ4n) is 0.670. The van der Waals surface area contributed by atoms with Crippen LogP contribution in [-0.2, 0) is 4.74 Å². The molecule has 0 saturated heterocycles. The van der Waals surface area contributed by atoms with Crippen molar-refractivity contribution in [2.75, 3.05) is 6.61 Å². The van der Waals surface area contributed by atoms with E-state index in [4.69, 9.17) is 14.9 Å². The summed E-state index contributed by atoms with van der Waals surface area (Å²) in [7, 11) is 0. The summed E-state index contributed by atoms with van der Waals surface area (Å²) in [6, 6.07) is 0. The van der Waals surface area contributed by atoms with Gasteiger partial charge >= 0.3 is 0 Å². The SMILES string of the molecule is CCCC(O)OCC(O)CC. The van der Waals surface area contributed by atoms with E-state index in [9.17, 15) is 0 Å². The topological polar surface area (TPSA) is 49.7 Å². The smallest absolute Gasteiger partial charge is 0.154 e. The van der Waals surface area contributed by atoms with Crippen LogP contribution < -0.4 is 0 Å². The Morgan fingerprint density at radius 1 is 1.27 bits per heavy atom. The highest BCUT2D eigenvalue weighted by atomic mass is 16.6. The average molecular weight is 162 g/mol. The van der Waals surface area contributed by atoms with Crippen molar-refractivity contribution in [2.45, 2.75) is 45.5 Å². The molecule has 0 heterocycles. The fraction of sp³-hybridized carbons (Fsp3) is 1.00. The van der Waals surface area contributed by atoms with Crippen molar-refractivity contribution >= 4 is 0 Å². The van der Waals surface area contributed by atoms with Gasteiger partial charge in [0.05, 0.1) is 12.7 Å². The van der Waals surface area contributed by atoms with E-state index in [2.05, 4.69) is 0 Å². The molecule has 2 atom stereocenters. The minimum Gasteiger partial charge on any atom is -0.391 e. The van der Waals surface area contributed by atoms with Gasteiger partial charge in [-0.1, -0.05) is 20.3 Å². The minimum absolute atomic E-state index is 0.234. The molecule has 0 aromatic heterocycles. The molecular weight excluding hydrogens is 144 g/mol. The molecule has 11 heavy (non-hydrogen) atoms. The largest absolute Gasteiger partial charge is 0.391 e. The van der Waals surface area contributed by atoms with Crippen molar-refractivity contribution in [3.8, 4) is 0 Å². The van der Waals surface area contributed by atoms with Gasteiger partial charge in [-0.15, -0.1) is 0 Å². The normalized spacial score (nSPS) is 16.4. The molecule has 0 spiro atoms. The zero-order chi connectivity index (χ0) is 8.69. The van der Waals surface area contributed by atoms with Crippen molar-refractivity contribution in [1.29, 1.82) is 0 Å². The number of aliphatic hydroxyl groups excluding tert-OH is 2. The number of hydrogen-bond acceptors (Lipinski definition) is 3. The highest BCUT2D eigenvalue weighted by molar-refractivity contribution is 4.49. The Kier molecular flexibility index (Phi) is 6.51. The zero-order valence-electron chi connectivity index (χ0n) is 7.29. The summed E-state index contributed by atoms with van der Waals surface area (Å²) in [5, 5.41) is 18.1. The summed E-state index contributed by atoms with van der Waals surface area (Å²) < 4.78 is 4.94. The Hall–Kier alpha value is -0.120. The van der Waals surface area contributed by atoms with E-state index in [0.717, 1.165) is 6.42 Å². The van der Waals surface area contributed by atoms with Crippen LogP contribution in [0.5, 0.6) is 0 Å². The van der Waals surface area contributed by atoms with E-state index in [1.165, 1.54) is 0 Å². The van der Waals surface area contributed by atoms with Crippen LogP contribution in [0.1, 0.15) is 33.1 Å². The first kappa shape index (κ1) is 10.9. The van der Waals surface area contributed by atoms with Gasteiger partial charge in [0.1, 0.15) is 0 Å². The lowest BCUT2D eigenvalue weighted by Crippen LogP contribution is -2.20. The van der Waals surface area contributed by atoms with E-state index in [0.29, 0.717) is 12.8 Å². The Morgan fingerprint density at radius 2 is 1.91 bits per heavy atom. The maximum absolute atomic E-state index is 9.06. The summed E-state index contributed by atoms with van der Waals surface area (Å²) in [6.07, 6.45) is 1.04. The van der Waals surface area contributed by atoms with E-state index in [1.807, 2.05) is 13.8 Å². The summed E-state index contributed by atoms with van der Waals surface area (Å²) in [4.78, 5) is 0. The number of hydrogen-bond donors (Lipinski definition) is 2. The molecule has 0 aliphatic heterocycles. The van der Waals surface area contributed by atoms with Crippen molar-refractivity contribution in [3.63, 3.8) is 0 Å². The monoisotopic (exact) mass is 162 g/mol. The van der Waals surface area contributed by atoms with E-state index < -0.39 is 12.4 Å². The maximum atomic E-state index is 9.06. The first-order chi connectivity index (χ1) is 5.20. The average Bonchev–Trinajstić information content (AvgIpc) is 2.01.